The normalized spacial score (nSPS) is 19.2. The van der Waals surface area contributed by atoms with E-state index in [1.165, 1.54) is 29.6 Å². The second kappa shape index (κ2) is 5.16. The van der Waals surface area contributed by atoms with Crippen LogP contribution in [0, 0.1) is 0 Å². The fourth-order valence-corrected chi connectivity index (χ4v) is 1.94. The smallest absolute Gasteiger partial charge is 0.0237 e. The van der Waals surface area contributed by atoms with E-state index in [0.29, 0.717) is 0 Å². The van der Waals surface area contributed by atoms with E-state index >= 15 is 0 Å². The van der Waals surface area contributed by atoms with Crippen molar-refractivity contribution >= 4 is 0 Å². The summed E-state index contributed by atoms with van der Waals surface area (Å²) in [7, 11) is 2.15. The second-order valence-corrected chi connectivity index (χ2v) is 4.17. The zero-order valence-electron chi connectivity index (χ0n) is 9.64. The molecule has 0 saturated heterocycles. The van der Waals surface area contributed by atoms with Crippen molar-refractivity contribution in [3.8, 4) is 0 Å². The van der Waals surface area contributed by atoms with E-state index in [-0.39, 0.29) is 0 Å². The topological polar surface area (TPSA) is 3.24 Å². The Morgan fingerprint density at radius 1 is 1.43 bits per heavy atom. The van der Waals surface area contributed by atoms with E-state index in [4.69, 9.17) is 0 Å². The van der Waals surface area contributed by atoms with Gasteiger partial charge in [-0.2, -0.15) is 0 Å². The molecule has 14 heavy (non-hydrogen) atoms. The summed E-state index contributed by atoms with van der Waals surface area (Å²) >= 11 is 0. The van der Waals surface area contributed by atoms with E-state index in [1.807, 2.05) is 6.08 Å². The van der Waals surface area contributed by atoms with Gasteiger partial charge in [0, 0.05) is 13.1 Å². The Kier molecular flexibility index (Phi) is 4.15. The number of rotatable bonds is 4. The van der Waals surface area contributed by atoms with E-state index in [0.717, 1.165) is 13.1 Å². The zero-order valence-corrected chi connectivity index (χ0v) is 9.64. The minimum Gasteiger partial charge on any atom is -0.298 e. The van der Waals surface area contributed by atoms with Gasteiger partial charge in [-0.1, -0.05) is 37.6 Å². The maximum absolute atomic E-state index is 3.87. The Morgan fingerprint density at radius 3 is 2.64 bits per heavy atom. The number of nitrogens with zero attached hydrogens (tertiary/aromatic N) is 1. The molecule has 1 rings (SSSR count). The average Bonchev–Trinajstić information content (AvgIpc) is 2.46. The molecule has 0 aromatic heterocycles. The van der Waals surface area contributed by atoms with Gasteiger partial charge in [0.2, 0.25) is 0 Å². The molecular weight excluding hydrogens is 170 g/mol. The molecule has 1 heterocycles. The standard InChI is InChI=1S/C13H21N/c1-5-7-11(3)8-13-10-14(4)9-12(13)6-2/h6,8H,2,5,7,9-10H2,1,3-4H3/b11-8-. The average molecular weight is 191 g/mol. The lowest BCUT2D eigenvalue weighted by Gasteiger charge is -2.05. The third kappa shape index (κ3) is 2.85. The molecule has 0 aromatic rings. The summed E-state index contributed by atoms with van der Waals surface area (Å²) in [6.45, 7) is 10.4. The van der Waals surface area contributed by atoms with Gasteiger partial charge in [0.25, 0.3) is 0 Å². The summed E-state index contributed by atoms with van der Waals surface area (Å²) in [5, 5.41) is 0. The van der Waals surface area contributed by atoms with Gasteiger partial charge in [0.15, 0.2) is 0 Å². The van der Waals surface area contributed by atoms with Crippen molar-refractivity contribution in [2.75, 3.05) is 20.1 Å². The van der Waals surface area contributed by atoms with Crippen molar-refractivity contribution < 1.29 is 0 Å². The van der Waals surface area contributed by atoms with Crippen molar-refractivity contribution in [1.82, 2.24) is 4.90 Å². The number of hydrogen-bond acceptors (Lipinski definition) is 1. The SMILES string of the molecule is C=CC1=C(/C=C(/C)CCC)CN(C)C1. The zero-order chi connectivity index (χ0) is 10.6. The van der Waals surface area contributed by atoms with Gasteiger partial charge in [-0.3, -0.25) is 4.90 Å². The fourth-order valence-electron chi connectivity index (χ4n) is 1.94. The number of likely N-dealkylation sites (N-methyl/N-ethyl adjacent to an activating group) is 1. The predicted octanol–water partition coefficient (Wildman–Crippen LogP) is 3.16. The molecule has 1 nitrogen and oxygen atoms in total. The van der Waals surface area contributed by atoms with E-state index < -0.39 is 0 Å². The highest BCUT2D eigenvalue weighted by Gasteiger charge is 2.14. The van der Waals surface area contributed by atoms with Crippen molar-refractivity contribution in [2.24, 2.45) is 0 Å². The van der Waals surface area contributed by atoms with Crippen LogP contribution in [0.1, 0.15) is 26.7 Å². The quantitative estimate of drug-likeness (QED) is 0.660. The number of hydrogen-bond donors (Lipinski definition) is 0. The van der Waals surface area contributed by atoms with E-state index in [1.54, 1.807) is 0 Å². The Labute approximate surface area is 87.8 Å². The summed E-state index contributed by atoms with van der Waals surface area (Å²) in [5.41, 5.74) is 4.33. The molecule has 0 atom stereocenters. The van der Waals surface area contributed by atoms with Crippen LogP contribution in [0.2, 0.25) is 0 Å². The Balaban J connectivity index is 2.75. The molecular formula is C13H21N. The summed E-state index contributed by atoms with van der Waals surface area (Å²) in [4.78, 5) is 2.32. The molecule has 0 aliphatic carbocycles. The van der Waals surface area contributed by atoms with Crippen LogP contribution in [-0.4, -0.2) is 25.0 Å². The molecule has 0 bridgehead atoms. The van der Waals surface area contributed by atoms with Crippen molar-refractivity contribution in [3.05, 3.63) is 35.5 Å². The van der Waals surface area contributed by atoms with Crippen LogP contribution in [0.15, 0.2) is 35.5 Å². The van der Waals surface area contributed by atoms with Crippen molar-refractivity contribution in [2.45, 2.75) is 26.7 Å². The van der Waals surface area contributed by atoms with Gasteiger partial charge in [0.05, 0.1) is 0 Å². The summed E-state index contributed by atoms with van der Waals surface area (Å²) in [6, 6.07) is 0. The van der Waals surface area contributed by atoms with Crippen LogP contribution in [-0.2, 0) is 0 Å². The molecule has 0 spiro atoms. The first-order chi connectivity index (χ1) is 6.67. The molecule has 1 heteroatoms. The van der Waals surface area contributed by atoms with Crippen LogP contribution in [0.4, 0.5) is 0 Å². The molecule has 0 amide bonds. The molecule has 0 aromatic carbocycles. The van der Waals surface area contributed by atoms with Crippen LogP contribution in [0.5, 0.6) is 0 Å². The highest BCUT2D eigenvalue weighted by molar-refractivity contribution is 5.39. The monoisotopic (exact) mass is 191 g/mol. The third-order valence-corrected chi connectivity index (χ3v) is 2.60. The van der Waals surface area contributed by atoms with Crippen LogP contribution in [0.3, 0.4) is 0 Å². The third-order valence-electron chi connectivity index (χ3n) is 2.60. The van der Waals surface area contributed by atoms with Crippen LogP contribution in [0.25, 0.3) is 0 Å². The molecule has 0 saturated carbocycles. The molecule has 0 radical (unpaired) electrons. The first-order valence-corrected chi connectivity index (χ1v) is 5.37. The summed E-state index contributed by atoms with van der Waals surface area (Å²) < 4.78 is 0. The van der Waals surface area contributed by atoms with Gasteiger partial charge in [-0.15, -0.1) is 0 Å². The molecule has 0 N–H and O–H groups in total. The Bertz CT molecular complexity index is 271. The number of allylic oxidation sites excluding steroid dienone is 1. The first kappa shape index (κ1) is 11.3. The molecule has 1 aliphatic heterocycles. The molecule has 0 unspecified atom stereocenters. The maximum atomic E-state index is 3.87. The molecule has 0 fully saturated rings. The fraction of sp³-hybridized carbons (Fsp3) is 0.538. The van der Waals surface area contributed by atoms with Gasteiger partial charge in [0.1, 0.15) is 0 Å². The minimum atomic E-state index is 1.05. The van der Waals surface area contributed by atoms with E-state index in [2.05, 4.69) is 38.5 Å². The molecule has 78 valence electrons. The first-order valence-electron chi connectivity index (χ1n) is 5.37. The lowest BCUT2D eigenvalue weighted by molar-refractivity contribution is 0.428. The maximum Gasteiger partial charge on any atom is 0.0237 e. The summed E-state index contributed by atoms with van der Waals surface area (Å²) in [6.07, 6.45) is 6.77. The highest BCUT2D eigenvalue weighted by atomic mass is 15.1. The van der Waals surface area contributed by atoms with Crippen molar-refractivity contribution in [1.29, 1.82) is 0 Å². The lowest BCUT2D eigenvalue weighted by atomic mass is 10.1. The predicted molar refractivity (Wildman–Crippen MR) is 63.4 cm³/mol. The lowest BCUT2D eigenvalue weighted by Crippen LogP contribution is -2.14. The van der Waals surface area contributed by atoms with Gasteiger partial charge in [-0.05, 0) is 31.5 Å². The largest absolute Gasteiger partial charge is 0.298 e. The van der Waals surface area contributed by atoms with Crippen LogP contribution >= 0.6 is 0 Å². The Morgan fingerprint density at radius 2 is 2.07 bits per heavy atom. The van der Waals surface area contributed by atoms with Gasteiger partial charge >= 0.3 is 0 Å². The van der Waals surface area contributed by atoms with Gasteiger partial charge < -0.3 is 0 Å². The highest BCUT2D eigenvalue weighted by Crippen LogP contribution is 2.20. The minimum absolute atomic E-state index is 1.05. The van der Waals surface area contributed by atoms with Gasteiger partial charge in [-0.25, -0.2) is 0 Å². The van der Waals surface area contributed by atoms with Crippen molar-refractivity contribution in [3.63, 3.8) is 0 Å². The summed E-state index contributed by atoms with van der Waals surface area (Å²) in [5.74, 6) is 0. The Hall–Kier alpha value is -0.820. The van der Waals surface area contributed by atoms with Crippen LogP contribution < -0.4 is 0 Å². The van der Waals surface area contributed by atoms with E-state index in [9.17, 15) is 0 Å². The molecule has 1 aliphatic rings. The second-order valence-electron chi connectivity index (χ2n) is 4.17.